The van der Waals surface area contributed by atoms with Crippen LogP contribution in [-0.2, 0) is 13.6 Å². The first-order chi connectivity index (χ1) is 9.06. The van der Waals surface area contributed by atoms with E-state index in [4.69, 9.17) is 0 Å². The fraction of sp³-hybridized carbons (Fsp3) is 0.250. The molecule has 2 aromatic heterocycles. The minimum absolute atomic E-state index is 0.188. The number of hydrogen-bond donors (Lipinski definition) is 1. The summed E-state index contributed by atoms with van der Waals surface area (Å²) in [5.74, 6) is -0.355. The number of amides is 1. The maximum absolute atomic E-state index is 11.8. The van der Waals surface area contributed by atoms with Crippen LogP contribution in [0.1, 0.15) is 21.9 Å². The van der Waals surface area contributed by atoms with Crippen LogP contribution in [0.3, 0.4) is 0 Å². The lowest BCUT2D eigenvalue weighted by molar-refractivity contribution is 0.0943. The summed E-state index contributed by atoms with van der Waals surface area (Å²) in [6.45, 7) is 2.13. The first-order valence-electron chi connectivity index (χ1n) is 5.66. The summed E-state index contributed by atoms with van der Waals surface area (Å²) in [7, 11) is 1.49. The van der Waals surface area contributed by atoms with Crippen LogP contribution in [0.2, 0.25) is 0 Å². The second kappa shape index (κ2) is 5.38. The highest BCUT2D eigenvalue weighted by molar-refractivity contribution is 5.91. The highest BCUT2D eigenvalue weighted by Gasteiger charge is 2.08. The molecule has 0 saturated carbocycles. The van der Waals surface area contributed by atoms with Gasteiger partial charge in [-0.1, -0.05) is 0 Å². The SMILES string of the molecule is Cc1cc(CNC(=O)c2ccc(=O)n(C)n2)ncn1. The Kier molecular flexibility index (Phi) is 3.65. The van der Waals surface area contributed by atoms with Crippen LogP contribution in [0.5, 0.6) is 0 Å². The molecule has 2 aromatic rings. The van der Waals surface area contributed by atoms with E-state index < -0.39 is 0 Å². The third-order valence-corrected chi connectivity index (χ3v) is 2.48. The van der Waals surface area contributed by atoms with Crippen molar-refractivity contribution in [2.24, 2.45) is 7.05 Å². The molecular weight excluding hydrogens is 246 g/mol. The van der Waals surface area contributed by atoms with Gasteiger partial charge in [0.15, 0.2) is 0 Å². The first-order valence-corrected chi connectivity index (χ1v) is 5.66. The average Bonchev–Trinajstić information content (AvgIpc) is 2.39. The second-order valence-corrected chi connectivity index (χ2v) is 4.01. The van der Waals surface area contributed by atoms with Crippen molar-refractivity contribution < 1.29 is 4.79 Å². The van der Waals surface area contributed by atoms with Crippen LogP contribution in [0.4, 0.5) is 0 Å². The van der Waals surface area contributed by atoms with Crippen molar-refractivity contribution in [1.29, 1.82) is 0 Å². The van der Waals surface area contributed by atoms with E-state index in [-0.39, 0.29) is 23.7 Å². The van der Waals surface area contributed by atoms with Crippen molar-refractivity contribution >= 4 is 5.91 Å². The number of hydrogen-bond acceptors (Lipinski definition) is 5. The zero-order chi connectivity index (χ0) is 13.8. The molecule has 7 heteroatoms. The predicted molar refractivity (Wildman–Crippen MR) is 67.4 cm³/mol. The largest absolute Gasteiger partial charge is 0.345 e. The Labute approximate surface area is 109 Å². The van der Waals surface area contributed by atoms with Crippen LogP contribution >= 0.6 is 0 Å². The van der Waals surface area contributed by atoms with E-state index in [9.17, 15) is 9.59 Å². The molecule has 0 aliphatic rings. The third-order valence-electron chi connectivity index (χ3n) is 2.48. The van der Waals surface area contributed by atoms with Gasteiger partial charge in [-0.25, -0.2) is 14.6 Å². The fourth-order valence-electron chi connectivity index (χ4n) is 1.49. The molecule has 0 aliphatic heterocycles. The number of aryl methyl sites for hydroxylation is 2. The molecule has 98 valence electrons. The Morgan fingerprint density at radius 3 is 2.84 bits per heavy atom. The van der Waals surface area contributed by atoms with E-state index in [1.807, 2.05) is 6.92 Å². The molecule has 7 nitrogen and oxygen atoms in total. The molecule has 0 bridgehead atoms. The summed E-state index contributed by atoms with van der Waals surface area (Å²) in [5, 5.41) is 6.54. The standard InChI is InChI=1S/C12H13N5O2/c1-8-5-9(15-7-14-8)6-13-12(19)10-3-4-11(18)17(2)16-10/h3-5,7H,6H2,1-2H3,(H,13,19). The average molecular weight is 259 g/mol. The number of rotatable bonds is 3. The summed E-state index contributed by atoms with van der Waals surface area (Å²) in [4.78, 5) is 31.0. The lowest BCUT2D eigenvalue weighted by Gasteiger charge is -2.05. The first kappa shape index (κ1) is 12.9. The van der Waals surface area contributed by atoms with Crippen molar-refractivity contribution in [3.63, 3.8) is 0 Å². The zero-order valence-electron chi connectivity index (χ0n) is 10.6. The molecule has 19 heavy (non-hydrogen) atoms. The van der Waals surface area contributed by atoms with E-state index in [0.717, 1.165) is 10.4 Å². The molecule has 1 amide bonds. The van der Waals surface area contributed by atoms with Crippen molar-refractivity contribution in [3.8, 4) is 0 Å². The summed E-state index contributed by atoms with van der Waals surface area (Å²) >= 11 is 0. The lowest BCUT2D eigenvalue weighted by Crippen LogP contribution is -2.28. The third kappa shape index (κ3) is 3.21. The van der Waals surface area contributed by atoms with Crippen molar-refractivity contribution in [1.82, 2.24) is 25.1 Å². The molecular formula is C12H13N5O2. The zero-order valence-corrected chi connectivity index (χ0v) is 10.6. The van der Waals surface area contributed by atoms with Crippen LogP contribution in [0, 0.1) is 6.92 Å². The molecule has 0 aliphatic carbocycles. The molecule has 0 fully saturated rings. The number of nitrogens with zero attached hydrogens (tertiary/aromatic N) is 4. The molecule has 0 aromatic carbocycles. The van der Waals surface area contributed by atoms with Crippen LogP contribution < -0.4 is 10.9 Å². The van der Waals surface area contributed by atoms with E-state index in [1.54, 1.807) is 6.07 Å². The van der Waals surface area contributed by atoms with Gasteiger partial charge in [-0.2, -0.15) is 5.10 Å². The number of carbonyl (C=O) groups excluding carboxylic acids is 1. The highest BCUT2D eigenvalue weighted by atomic mass is 16.2. The van der Waals surface area contributed by atoms with Gasteiger partial charge in [0.2, 0.25) is 0 Å². The van der Waals surface area contributed by atoms with Gasteiger partial charge in [0.1, 0.15) is 12.0 Å². The summed E-state index contributed by atoms with van der Waals surface area (Å²) in [6.07, 6.45) is 1.45. The quantitative estimate of drug-likeness (QED) is 0.825. The minimum Gasteiger partial charge on any atom is -0.345 e. The molecule has 2 heterocycles. The number of aromatic nitrogens is 4. The van der Waals surface area contributed by atoms with Crippen LogP contribution in [-0.4, -0.2) is 25.7 Å². The van der Waals surface area contributed by atoms with Gasteiger partial charge in [-0.15, -0.1) is 0 Å². The van der Waals surface area contributed by atoms with Gasteiger partial charge in [0.25, 0.3) is 11.5 Å². The van der Waals surface area contributed by atoms with E-state index in [0.29, 0.717) is 5.69 Å². The van der Waals surface area contributed by atoms with E-state index >= 15 is 0 Å². The Morgan fingerprint density at radius 1 is 1.37 bits per heavy atom. The Hall–Kier alpha value is -2.57. The van der Waals surface area contributed by atoms with Crippen molar-refractivity contribution in [2.75, 3.05) is 0 Å². The van der Waals surface area contributed by atoms with Gasteiger partial charge in [0, 0.05) is 18.8 Å². The fourth-order valence-corrected chi connectivity index (χ4v) is 1.49. The Balaban J connectivity index is 2.05. The second-order valence-electron chi connectivity index (χ2n) is 4.01. The monoisotopic (exact) mass is 259 g/mol. The van der Waals surface area contributed by atoms with Gasteiger partial charge < -0.3 is 5.32 Å². The van der Waals surface area contributed by atoms with Gasteiger partial charge >= 0.3 is 0 Å². The minimum atomic E-state index is -0.355. The molecule has 0 spiro atoms. The molecule has 0 unspecified atom stereocenters. The van der Waals surface area contributed by atoms with Gasteiger partial charge in [-0.05, 0) is 19.1 Å². The van der Waals surface area contributed by atoms with Gasteiger partial charge in [0.05, 0.1) is 12.2 Å². The Bertz CT molecular complexity index is 665. The number of carbonyl (C=O) groups is 1. The Morgan fingerprint density at radius 2 is 2.16 bits per heavy atom. The van der Waals surface area contributed by atoms with Crippen molar-refractivity contribution in [3.05, 3.63) is 52.0 Å². The highest BCUT2D eigenvalue weighted by Crippen LogP contribution is 1.97. The molecule has 0 saturated heterocycles. The number of nitrogens with one attached hydrogen (secondary N) is 1. The smallest absolute Gasteiger partial charge is 0.272 e. The summed E-state index contributed by atoms with van der Waals surface area (Å²) < 4.78 is 1.11. The summed E-state index contributed by atoms with van der Waals surface area (Å²) in [6, 6.07) is 4.48. The predicted octanol–water partition coefficient (Wildman–Crippen LogP) is -0.191. The lowest BCUT2D eigenvalue weighted by atomic mass is 10.3. The maximum Gasteiger partial charge on any atom is 0.272 e. The van der Waals surface area contributed by atoms with Gasteiger partial charge in [-0.3, -0.25) is 9.59 Å². The van der Waals surface area contributed by atoms with Crippen molar-refractivity contribution in [2.45, 2.75) is 13.5 Å². The topological polar surface area (TPSA) is 89.8 Å². The van der Waals surface area contributed by atoms with E-state index in [1.165, 1.54) is 25.5 Å². The maximum atomic E-state index is 11.8. The van der Waals surface area contributed by atoms with Crippen LogP contribution in [0.15, 0.2) is 29.3 Å². The molecule has 0 radical (unpaired) electrons. The normalized spacial score (nSPS) is 10.2. The van der Waals surface area contributed by atoms with Crippen LogP contribution in [0.25, 0.3) is 0 Å². The summed E-state index contributed by atoms with van der Waals surface area (Å²) in [5.41, 5.74) is 1.47. The molecule has 0 atom stereocenters. The molecule has 1 N–H and O–H groups in total. The molecule has 2 rings (SSSR count). The van der Waals surface area contributed by atoms with E-state index in [2.05, 4.69) is 20.4 Å².